The summed E-state index contributed by atoms with van der Waals surface area (Å²) >= 11 is 0. The third-order valence-electron chi connectivity index (χ3n) is 3.21. The second kappa shape index (κ2) is 4.82. The molecule has 4 nitrogen and oxygen atoms in total. The van der Waals surface area contributed by atoms with Crippen LogP contribution in [0.5, 0.6) is 5.75 Å². The zero-order valence-corrected chi connectivity index (χ0v) is 10.4. The maximum Gasteiger partial charge on any atom is 0.167 e. The minimum atomic E-state index is -0.278. The standard InChI is InChI=1S/C14H16O4/c1-8-3-4-10(15)6-11(8)13-12(16)5-9(7-18-2)14(13)17/h3-4,6,9,15,17H,5,7H2,1-2H3. The number of aliphatic hydroxyl groups excluding tert-OH is 1. The van der Waals surface area contributed by atoms with Crippen molar-refractivity contribution >= 4 is 11.4 Å². The van der Waals surface area contributed by atoms with Gasteiger partial charge in [-0.1, -0.05) is 6.07 Å². The van der Waals surface area contributed by atoms with Crippen molar-refractivity contribution in [2.45, 2.75) is 13.3 Å². The van der Waals surface area contributed by atoms with Gasteiger partial charge in [-0.3, -0.25) is 4.79 Å². The molecule has 1 unspecified atom stereocenters. The lowest BCUT2D eigenvalue weighted by Gasteiger charge is -2.09. The average molecular weight is 248 g/mol. The van der Waals surface area contributed by atoms with Crippen molar-refractivity contribution in [3.05, 3.63) is 35.1 Å². The average Bonchev–Trinajstić information content (AvgIpc) is 2.59. The molecule has 0 amide bonds. The summed E-state index contributed by atoms with van der Waals surface area (Å²) in [5.41, 5.74) is 1.75. The maximum atomic E-state index is 12.0. The molecule has 18 heavy (non-hydrogen) atoms. The molecule has 0 bridgehead atoms. The number of Topliss-reactive ketones (excluding diaryl/α,β-unsaturated/α-hetero) is 1. The highest BCUT2D eigenvalue weighted by atomic mass is 16.5. The maximum absolute atomic E-state index is 12.0. The summed E-state index contributed by atoms with van der Waals surface area (Å²) in [4.78, 5) is 12.0. The first kappa shape index (κ1) is 12.6. The van der Waals surface area contributed by atoms with Crippen molar-refractivity contribution < 1.29 is 19.7 Å². The Morgan fingerprint density at radius 1 is 1.39 bits per heavy atom. The molecule has 0 fully saturated rings. The van der Waals surface area contributed by atoms with Crippen LogP contribution in [-0.4, -0.2) is 29.7 Å². The highest BCUT2D eigenvalue weighted by Gasteiger charge is 2.33. The molecule has 2 rings (SSSR count). The van der Waals surface area contributed by atoms with E-state index in [-0.39, 0.29) is 29.6 Å². The lowest BCUT2D eigenvalue weighted by molar-refractivity contribution is -0.114. The number of benzene rings is 1. The Hall–Kier alpha value is -1.81. The van der Waals surface area contributed by atoms with E-state index in [2.05, 4.69) is 0 Å². The van der Waals surface area contributed by atoms with Crippen LogP contribution < -0.4 is 0 Å². The molecule has 1 aromatic carbocycles. The minimum Gasteiger partial charge on any atom is -0.511 e. The molecule has 0 spiro atoms. The molecule has 1 atom stereocenters. The molecular formula is C14H16O4. The van der Waals surface area contributed by atoms with E-state index in [0.29, 0.717) is 17.7 Å². The number of allylic oxidation sites excluding steroid dienone is 1. The van der Waals surface area contributed by atoms with Crippen LogP contribution in [-0.2, 0) is 9.53 Å². The molecule has 0 saturated carbocycles. The molecular weight excluding hydrogens is 232 g/mol. The summed E-state index contributed by atoms with van der Waals surface area (Å²) in [5, 5.41) is 19.6. The van der Waals surface area contributed by atoms with Gasteiger partial charge < -0.3 is 14.9 Å². The van der Waals surface area contributed by atoms with Crippen molar-refractivity contribution in [2.75, 3.05) is 13.7 Å². The largest absolute Gasteiger partial charge is 0.511 e. The topological polar surface area (TPSA) is 66.8 Å². The van der Waals surface area contributed by atoms with Gasteiger partial charge in [-0.25, -0.2) is 0 Å². The minimum absolute atomic E-state index is 0.0653. The van der Waals surface area contributed by atoms with Crippen LogP contribution >= 0.6 is 0 Å². The van der Waals surface area contributed by atoms with E-state index in [1.807, 2.05) is 6.92 Å². The number of hydrogen-bond acceptors (Lipinski definition) is 4. The SMILES string of the molecule is COCC1CC(=O)C(c2cc(O)ccc2C)=C1O. The third kappa shape index (κ3) is 2.11. The number of hydrogen-bond donors (Lipinski definition) is 2. The summed E-state index contributed by atoms with van der Waals surface area (Å²) in [6.07, 6.45) is 0.254. The van der Waals surface area contributed by atoms with Crippen LogP contribution in [0.4, 0.5) is 0 Å². The van der Waals surface area contributed by atoms with Gasteiger partial charge in [0.05, 0.1) is 12.2 Å². The van der Waals surface area contributed by atoms with E-state index in [4.69, 9.17) is 4.74 Å². The molecule has 1 aromatic rings. The number of carbonyl (C=O) groups excluding carboxylic acids is 1. The number of aryl methyl sites for hydroxylation is 1. The normalized spacial score (nSPS) is 19.7. The van der Waals surface area contributed by atoms with Crippen LogP contribution in [0.2, 0.25) is 0 Å². The number of aromatic hydroxyl groups is 1. The second-order valence-electron chi connectivity index (χ2n) is 4.54. The predicted octanol–water partition coefficient (Wildman–Crippen LogP) is 2.21. The Bertz CT molecular complexity index is 517. The quantitative estimate of drug-likeness (QED) is 0.860. The van der Waals surface area contributed by atoms with Crippen LogP contribution in [0.25, 0.3) is 5.57 Å². The van der Waals surface area contributed by atoms with E-state index in [1.165, 1.54) is 13.2 Å². The Kier molecular flexibility index (Phi) is 3.39. The van der Waals surface area contributed by atoms with E-state index >= 15 is 0 Å². The molecule has 0 saturated heterocycles. The fraction of sp³-hybridized carbons (Fsp3) is 0.357. The summed E-state index contributed by atoms with van der Waals surface area (Å²) in [7, 11) is 1.54. The van der Waals surface area contributed by atoms with Gasteiger partial charge in [0.15, 0.2) is 5.78 Å². The second-order valence-corrected chi connectivity index (χ2v) is 4.54. The molecule has 96 valence electrons. The first-order valence-corrected chi connectivity index (χ1v) is 5.80. The van der Waals surface area contributed by atoms with Gasteiger partial charge >= 0.3 is 0 Å². The summed E-state index contributed by atoms with van der Waals surface area (Å²) in [6.45, 7) is 2.16. The van der Waals surface area contributed by atoms with Gasteiger partial charge in [-0.15, -0.1) is 0 Å². The number of aliphatic hydroxyl groups is 1. The van der Waals surface area contributed by atoms with E-state index in [0.717, 1.165) is 5.56 Å². The zero-order valence-electron chi connectivity index (χ0n) is 10.4. The number of ketones is 1. The van der Waals surface area contributed by atoms with Crippen LogP contribution in [0.3, 0.4) is 0 Å². The number of carbonyl (C=O) groups is 1. The number of phenolic OH excluding ortho intramolecular Hbond substituents is 1. The van der Waals surface area contributed by atoms with Gasteiger partial charge in [0, 0.05) is 19.4 Å². The lowest BCUT2D eigenvalue weighted by Crippen LogP contribution is -2.07. The van der Waals surface area contributed by atoms with Gasteiger partial charge in [-0.05, 0) is 30.2 Å². The van der Waals surface area contributed by atoms with Crippen molar-refractivity contribution in [1.29, 1.82) is 0 Å². The van der Waals surface area contributed by atoms with Gasteiger partial charge in [-0.2, -0.15) is 0 Å². The van der Waals surface area contributed by atoms with Gasteiger partial charge in [0.1, 0.15) is 11.5 Å². The molecule has 0 heterocycles. The van der Waals surface area contributed by atoms with E-state index < -0.39 is 0 Å². The molecule has 2 N–H and O–H groups in total. The lowest BCUT2D eigenvalue weighted by atomic mass is 9.98. The Morgan fingerprint density at radius 3 is 2.78 bits per heavy atom. The molecule has 4 heteroatoms. The van der Waals surface area contributed by atoms with Crippen molar-refractivity contribution in [3.8, 4) is 5.75 Å². The molecule has 0 aromatic heterocycles. The van der Waals surface area contributed by atoms with Gasteiger partial charge in [0.25, 0.3) is 0 Å². The monoisotopic (exact) mass is 248 g/mol. The number of rotatable bonds is 3. The Labute approximate surface area is 106 Å². The number of ether oxygens (including phenoxy) is 1. The highest BCUT2D eigenvalue weighted by Crippen LogP contribution is 2.36. The first-order valence-electron chi connectivity index (χ1n) is 5.80. The van der Waals surface area contributed by atoms with Crippen molar-refractivity contribution in [1.82, 2.24) is 0 Å². The van der Waals surface area contributed by atoms with E-state index in [1.54, 1.807) is 12.1 Å². The Balaban J connectivity index is 2.48. The third-order valence-corrected chi connectivity index (χ3v) is 3.21. The highest BCUT2D eigenvalue weighted by molar-refractivity contribution is 6.24. The van der Waals surface area contributed by atoms with E-state index in [9.17, 15) is 15.0 Å². The molecule has 0 radical (unpaired) electrons. The van der Waals surface area contributed by atoms with Gasteiger partial charge in [0.2, 0.25) is 0 Å². The fourth-order valence-electron chi connectivity index (χ4n) is 2.28. The summed E-state index contributed by atoms with van der Waals surface area (Å²) in [6, 6.07) is 4.79. The number of methoxy groups -OCH3 is 1. The summed E-state index contributed by atoms with van der Waals surface area (Å²) in [5.74, 6) is -0.239. The van der Waals surface area contributed by atoms with Crippen LogP contribution in [0, 0.1) is 12.8 Å². The first-order chi connectivity index (χ1) is 8.54. The predicted molar refractivity (Wildman–Crippen MR) is 67.4 cm³/mol. The van der Waals surface area contributed by atoms with Crippen LogP contribution in [0.15, 0.2) is 24.0 Å². The number of phenols is 1. The summed E-state index contributed by atoms with van der Waals surface area (Å²) < 4.78 is 4.99. The van der Waals surface area contributed by atoms with Crippen LogP contribution in [0.1, 0.15) is 17.5 Å². The molecule has 0 aliphatic heterocycles. The van der Waals surface area contributed by atoms with Crippen molar-refractivity contribution in [3.63, 3.8) is 0 Å². The fourth-order valence-corrected chi connectivity index (χ4v) is 2.28. The van der Waals surface area contributed by atoms with Crippen molar-refractivity contribution in [2.24, 2.45) is 5.92 Å². The zero-order chi connectivity index (χ0) is 13.3. The molecule has 1 aliphatic rings. The smallest absolute Gasteiger partial charge is 0.167 e. The Morgan fingerprint density at radius 2 is 2.11 bits per heavy atom. The molecule has 1 aliphatic carbocycles.